The third-order valence-electron chi connectivity index (χ3n) is 4.37. The quantitative estimate of drug-likeness (QED) is 0.690. The molecule has 1 heteroatoms. The Morgan fingerprint density at radius 2 is 1.69 bits per heavy atom. The molecule has 0 bridgehead atoms. The Kier molecular flexibility index (Phi) is 2.64. The van der Waals surface area contributed by atoms with Crippen molar-refractivity contribution in [3.8, 4) is 0 Å². The molecule has 0 aromatic carbocycles. The molecular formula is C12H23N. The summed E-state index contributed by atoms with van der Waals surface area (Å²) < 4.78 is 0. The molecule has 0 aromatic heterocycles. The van der Waals surface area contributed by atoms with Crippen molar-refractivity contribution in [3.05, 3.63) is 0 Å². The van der Waals surface area contributed by atoms with Crippen LogP contribution in [-0.4, -0.2) is 12.6 Å². The lowest BCUT2D eigenvalue weighted by Gasteiger charge is -2.37. The lowest BCUT2D eigenvalue weighted by atomic mass is 9.71. The molecule has 1 unspecified atom stereocenters. The number of nitrogens with one attached hydrogen (secondary N) is 1. The standard InChI is InChI=1S/C12H23N/c1-12(2,10-6-3-4-7-10)11-8-5-9-13-11/h10-11,13H,3-9H2,1-2H3. The SMILES string of the molecule is CC(C)(C1CCCC1)C1CCCN1. The van der Waals surface area contributed by atoms with E-state index in [2.05, 4.69) is 19.2 Å². The van der Waals surface area contributed by atoms with Gasteiger partial charge in [-0.1, -0.05) is 26.7 Å². The van der Waals surface area contributed by atoms with Crippen LogP contribution < -0.4 is 5.32 Å². The van der Waals surface area contributed by atoms with E-state index in [1.54, 1.807) is 0 Å². The second-order valence-corrected chi connectivity index (χ2v) is 5.45. The molecule has 0 aromatic rings. The van der Waals surface area contributed by atoms with Crippen molar-refractivity contribution in [3.63, 3.8) is 0 Å². The molecule has 1 N–H and O–H groups in total. The van der Waals surface area contributed by atoms with Gasteiger partial charge in [-0.2, -0.15) is 0 Å². The van der Waals surface area contributed by atoms with Crippen LogP contribution in [0.15, 0.2) is 0 Å². The average Bonchev–Trinajstić information content (AvgIpc) is 2.78. The molecule has 2 rings (SSSR count). The van der Waals surface area contributed by atoms with E-state index in [1.807, 2.05) is 0 Å². The van der Waals surface area contributed by atoms with E-state index in [0.29, 0.717) is 5.41 Å². The van der Waals surface area contributed by atoms with Gasteiger partial charge in [0.2, 0.25) is 0 Å². The highest BCUT2D eigenvalue weighted by Crippen LogP contribution is 2.43. The van der Waals surface area contributed by atoms with E-state index >= 15 is 0 Å². The predicted octanol–water partition coefficient (Wildman–Crippen LogP) is 2.95. The summed E-state index contributed by atoms with van der Waals surface area (Å²) in [6.07, 6.45) is 8.70. The normalized spacial score (nSPS) is 31.4. The van der Waals surface area contributed by atoms with Crippen molar-refractivity contribution < 1.29 is 0 Å². The van der Waals surface area contributed by atoms with E-state index in [9.17, 15) is 0 Å². The molecule has 1 aliphatic heterocycles. The first-order chi connectivity index (χ1) is 6.21. The first kappa shape index (κ1) is 9.51. The van der Waals surface area contributed by atoms with Gasteiger partial charge in [-0.15, -0.1) is 0 Å². The third kappa shape index (κ3) is 1.76. The van der Waals surface area contributed by atoms with Gasteiger partial charge in [-0.25, -0.2) is 0 Å². The molecule has 1 nitrogen and oxygen atoms in total. The van der Waals surface area contributed by atoms with Crippen LogP contribution >= 0.6 is 0 Å². The highest BCUT2D eigenvalue weighted by atomic mass is 15.0. The molecule has 1 saturated heterocycles. The molecule has 1 atom stereocenters. The molecule has 1 heterocycles. The Morgan fingerprint density at radius 3 is 2.23 bits per heavy atom. The fraction of sp³-hybridized carbons (Fsp3) is 1.00. The molecule has 0 amide bonds. The Hall–Kier alpha value is -0.0400. The van der Waals surface area contributed by atoms with Gasteiger partial charge in [0.05, 0.1) is 0 Å². The van der Waals surface area contributed by atoms with Crippen LogP contribution in [-0.2, 0) is 0 Å². The Labute approximate surface area is 82.3 Å². The maximum Gasteiger partial charge on any atom is 0.0121 e. The Morgan fingerprint density at radius 1 is 1.00 bits per heavy atom. The van der Waals surface area contributed by atoms with Crippen molar-refractivity contribution in [2.45, 2.75) is 58.4 Å². The van der Waals surface area contributed by atoms with E-state index in [1.165, 1.54) is 45.1 Å². The van der Waals surface area contributed by atoms with E-state index < -0.39 is 0 Å². The van der Waals surface area contributed by atoms with Crippen LogP contribution in [0.4, 0.5) is 0 Å². The Bertz CT molecular complexity index is 144. The Balaban J connectivity index is 1.99. The van der Waals surface area contributed by atoms with Gasteiger partial charge < -0.3 is 5.32 Å². The van der Waals surface area contributed by atoms with Gasteiger partial charge in [-0.05, 0) is 43.6 Å². The van der Waals surface area contributed by atoms with Crippen molar-refractivity contribution in [1.82, 2.24) is 5.32 Å². The lowest BCUT2D eigenvalue weighted by Crippen LogP contribution is -2.41. The van der Waals surface area contributed by atoms with Crippen LogP contribution in [0.2, 0.25) is 0 Å². The van der Waals surface area contributed by atoms with Crippen molar-refractivity contribution in [2.24, 2.45) is 11.3 Å². The van der Waals surface area contributed by atoms with Gasteiger partial charge in [-0.3, -0.25) is 0 Å². The molecular weight excluding hydrogens is 158 g/mol. The van der Waals surface area contributed by atoms with Gasteiger partial charge in [0.15, 0.2) is 0 Å². The highest BCUT2D eigenvalue weighted by molar-refractivity contribution is 4.93. The summed E-state index contributed by atoms with van der Waals surface area (Å²) in [6.45, 7) is 6.21. The second kappa shape index (κ2) is 3.61. The highest BCUT2D eigenvalue weighted by Gasteiger charge is 2.39. The fourth-order valence-corrected chi connectivity index (χ4v) is 3.27. The van der Waals surface area contributed by atoms with Gasteiger partial charge >= 0.3 is 0 Å². The van der Waals surface area contributed by atoms with E-state index in [4.69, 9.17) is 0 Å². The minimum Gasteiger partial charge on any atom is -0.313 e. The average molecular weight is 181 g/mol. The van der Waals surface area contributed by atoms with Gasteiger partial charge in [0.25, 0.3) is 0 Å². The van der Waals surface area contributed by atoms with Crippen molar-refractivity contribution >= 4 is 0 Å². The molecule has 1 saturated carbocycles. The topological polar surface area (TPSA) is 12.0 Å². The molecule has 0 spiro atoms. The molecule has 13 heavy (non-hydrogen) atoms. The summed E-state index contributed by atoms with van der Waals surface area (Å²) >= 11 is 0. The van der Waals surface area contributed by atoms with Crippen LogP contribution in [0.25, 0.3) is 0 Å². The summed E-state index contributed by atoms with van der Waals surface area (Å²) in [5.41, 5.74) is 0.549. The van der Waals surface area contributed by atoms with Crippen LogP contribution in [0.5, 0.6) is 0 Å². The summed E-state index contributed by atoms with van der Waals surface area (Å²) in [5.74, 6) is 0.989. The molecule has 76 valence electrons. The van der Waals surface area contributed by atoms with E-state index in [-0.39, 0.29) is 0 Å². The molecule has 2 aliphatic rings. The monoisotopic (exact) mass is 181 g/mol. The third-order valence-corrected chi connectivity index (χ3v) is 4.37. The first-order valence-electron chi connectivity index (χ1n) is 5.94. The fourth-order valence-electron chi connectivity index (χ4n) is 3.27. The zero-order valence-electron chi connectivity index (χ0n) is 9.10. The molecule has 2 fully saturated rings. The maximum atomic E-state index is 3.67. The van der Waals surface area contributed by atoms with E-state index in [0.717, 1.165) is 12.0 Å². The van der Waals surface area contributed by atoms with Crippen LogP contribution in [0, 0.1) is 11.3 Å². The predicted molar refractivity (Wildman–Crippen MR) is 56.8 cm³/mol. The zero-order valence-corrected chi connectivity index (χ0v) is 9.10. The maximum absolute atomic E-state index is 3.67. The molecule has 1 aliphatic carbocycles. The number of rotatable bonds is 2. The van der Waals surface area contributed by atoms with Crippen molar-refractivity contribution in [1.29, 1.82) is 0 Å². The summed E-state index contributed by atoms with van der Waals surface area (Å²) in [6, 6.07) is 0.801. The van der Waals surface area contributed by atoms with Crippen LogP contribution in [0.1, 0.15) is 52.4 Å². The number of hydrogen-bond donors (Lipinski definition) is 1. The largest absolute Gasteiger partial charge is 0.313 e. The second-order valence-electron chi connectivity index (χ2n) is 5.45. The summed E-state index contributed by atoms with van der Waals surface area (Å²) in [5, 5.41) is 3.67. The van der Waals surface area contributed by atoms with Crippen LogP contribution in [0.3, 0.4) is 0 Å². The summed E-state index contributed by atoms with van der Waals surface area (Å²) in [7, 11) is 0. The van der Waals surface area contributed by atoms with Gasteiger partial charge in [0.1, 0.15) is 0 Å². The summed E-state index contributed by atoms with van der Waals surface area (Å²) in [4.78, 5) is 0. The minimum atomic E-state index is 0.549. The minimum absolute atomic E-state index is 0.549. The first-order valence-corrected chi connectivity index (χ1v) is 5.94. The smallest absolute Gasteiger partial charge is 0.0121 e. The number of hydrogen-bond acceptors (Lipinski definition) is 1. The van der Waals surface area contributed by atoms with Gasteiger partial charge in [0, 0.05) is 6.04 Å². The zero-order chi connectivity index (χ0) is 9.31. The molecule has 0 radical (unpaired) electrons. The lowest BCUT2D eigenvalue weighted by molar-refractivity contribution is 0.155. The van der Waals surface area contributed by atoms with Crippen molar-refractivity contribution in [2.75, 3.05) is 6.54 Å².